The van der Waals surface area contributed by atoms with Crippen molar-refractivity contribution in [1.29, 1.82) is 10.5 Å². The summed E-state index contributed by atoms with van der Waals surface area (Å²) in [7, 11) is 0. The Labute approximate surface area is 154 Å². The molecule has 0 atom stereocenters. The van der Waals surface area contributed by atoms with E-state index in [9.17, 15) is 0 Å². The van der Waals surface area contributed by atoms with Crippen LogP contribution < -0.4 is 5.32 Å². The average molecular weight is 352 g/mol. The summed E-state index contributed by atoms with van der Waals surface area (Å²) in [5, 5.41) is 21.4. The number of furan rings is 1. The van der Waals surface area contributed by atoms with Gasteiger partial charge in [0.2, 0.25) is 0 Å². The largest absolute Gasteiger partial charge is 0.463 e. The third-order valence-corrected chi connectivity index (χ3v) is 4.58. The highest BCUT2D eigenvalue weighted by Crippen LogP contribution is 2.13. The van der Waals surface area contributed by atoms with Gasteiger partial charge in [0.1, 0.15) is 17.4 Å². The van der Waals surface area contributed by atoms with E-state index >= 15 is 0 Å². The molecule has 0 fully saturated rings. The summed E-state index contributed by atoms with van der Waals surface area (Å²) < 4.78 is 5.90. The average Bonchev–Trinajstić information content (AvgIpc) is 3.31. The van der Waals surface area contributed by atoms with Crippen molar-refractivity contribution >= 4 is 5.84 Å². The zero-order valence-electron chi connectivity index (χ0n) is 14.9. The van der Waals surface area contributed by atoms with Crippen molar-refractivity contribution < 1.29 is 4.42 Å². The first kappa shape index (κ1) is 18.2. The molecule has 0 radical (unpaired) electrons. The number of nitriles is 2. The molecule has 26 heavy (non-hydrogen) atoms. The molecular formula is C19H24N6O. The zero-order valence-corrected chi connectivity index (χ0v) is 14.9. The first-order chi connectivity index (χ1) is 12.8. The molecule has 136 valence electrons. The number of nitrogens with one attached hydrogen (secondary N) is 1. The molecule has 1 aromatic heterocycles. The van der Waals surface area contributed by atoms with E-state index in [2.05, 4.69) is 27.4 Å². The molecule has 0 amide bonds. The fourth-order valence-electron chi connectivity index (χ4n) is 3.23. The van der Waals surface area contributed by atoms with E-state index in [1.54, 1.807) is 0 Å². The summed E-state index contributed by atoms with van der Waals surface area (Å²) in [6.45, 7) is 6.48. The lowest BCUT2D eigenvalue weighted by Gasteiger charge is -2.21. The van der Waals surface area contributed by atoms with Crippen molar-refractivity contribution in [3.63, 3.8) is 0 Å². The fraction of sp³-hybridized carbons (Fsp3) is 0.526. The molecule has 3 rings (SSSR count). The van der Waals surface area contributed by atoms with E-state index in [1.807, 2.05) is 29.2 Å². The van der Waals surface area contributed by atoms with Crippen LogP contribution in [0, 0.1) is 28.6 Å². The van der Waals surface area contributed by atoms with Gasteiger partial charge in [0, 0.05) is 32.7 Å². The predicted molar refractivity (Wildman–Crippen MR) is 98.0 cm³/mol. The first-order valence-corrected chi connectivity index (χ1v) is 9.04. The van der Waals surface area contributed by atoms with Gasteiger partial charge in [-0.3, -0.25) is 9.89 Å². The summed E-state index contributed by atoms with van der Waals surface area (Å²) >= 11 is 0. The molecule has 7 heteroatoms. The molecular weight excluding hydrogens is 328 g/mol. The Morgan fingerprint density at radius 1 is 1.19 bits per heavy atom. The second kappa shape index (κ2) is 9.19. The number of nitrogens with zero attached hydrogens (tertiary/aromatic N) is 5. The van der Waals surface area contributed by atoms with Gasteiger partial charge < -0.3 is 14.6 Å². The molecule has 0 aliphatic carbocycles. The lowest BCUT2D eigenvalue weighted by Crippen LogP contribution is -2.37. The molecule has 1 N–H and O–H groups in total. The molecule has 0 aromatic carbocycles. The number of rotatable bonds is 8. The van der Waals surface area contributed by atoms with Crippen molar-refractivity contribution in [3.8, 4) is 12.1 Å². The number of amidine groups is 1. The van der Waals surface area contributed by atoms with E-state index in [0.717, 1.165) is 57.2 Å². The minimum Gasteiger partial charge on any atom is -0.463 e. The summed E-state index contributed by atoms with van der Waals surface area (Å²) in [6.07, 6.45) is 5.53. The SMILES string of the molecule is N#CC(C#N)C1=NCCN1CCNCc1ccc(CN2CC=CCC2)o1. The highest BCUT2D eigenvalue weighted by atomic mass is 16.3. The molecule has 1 aromatic rings. The zero-order chi connectivity index (χ0) is 18.2. The van der Waals surface area contributed by atoms with Gasteiger partial charge in [-0.25, -0.2) is 0 Å². The Bertz CT molecular complexity index is 724. The highest BCUT2D eigenvalue weighted by molar-refractivity contribution is 5.90. The van der Waals surface area contributed by atoms with Crippen molar-refractivity contribution in [2.45, 2.75) is 19.5 Å². The van der Waals surface area contributed by atoms with Crippen LogP contribution >= 0.6 is 0 Å². The standard InChI is InChI=1S/C19H24N6O/c20-12-16(13-21)19-23-7-11-25(19)10-6-22-14-17-4-5-18(26-17)15-24-8-2-1-3-9-24/h1-2,4-5,16,22H,3,6-11,14-15H2. The van der Waals surface area contributed by atoms with Crippen molar-refractivity contribution in [2.24, 2.45) is 10.9 Å². The molecule has 2 aliphatic heterocycles. The van der Waals surface area contributed by atoms with E-state index < -0.39 is 5.92 Å². The number of hydrogen-bond donors (Lipinski definition) is 1. The lowest BCUT2D eigenvalue weighted by molar-refractivity contribution is 0.261. The van der Waals surface area contributed by atoms with E-state index in [-0.39, 0.29) is 0 Å². The summed E-state index contributed by atoms with van der Waals surface area (Å²) in [4.78, 5) is 8.68. The highest BCUT2D eigenvalue weighted by Gasteiger charge is 2.24. The van der Waals surface area contributed by atoms with Crippen LogP contribution in [0.15, 0.2) is 33.7 Å². The van der Waals surface area contributed by atoms with Gasteiger partial charge in [-0.2, -0.15) is 10.5 Å². The Balaban J connectivity index is 1.39. The third kappa shape index (κ3) is 4.72. The van der Waals surface area contributed by atoms with Crippen LogP contribution in [-0.2, 0) is 13.1 Å². The van der Waals surface area contributed by atoms with Crippen LogP contribution in [0.25, 0.3) is 0 Å². The monoisotopic (exact) mass is 352 g/mol. The van der Waals surface area contributed by atoms with Crippen molar-refractivity contribution in [3.05, 3.63) is 35.8 Å². The maximum Gasteiger partial charge on any atom is 0.189 e. The second-order valence-corrected chi connectivity index (χ2v) is 6.46. The Kier molecular flexibility index (Phi) is 6.43. The van der Waals surface area contributed by atoms with Gasteiger partial charge in [0.05, 0.1) is 31.8 Å². The Morgan fingerprint density at radius 3 is 2.81 bits per heavy atom. The smallest absolute Gasteiger partial charge is 0.189 e. The topological polar surface area (TPSA) is 91.6 Å². The Morgan fingerprint density at radius 2 is 2.04 bits per heavy atom. The van der Waals surface area contributed by atoms with Gasteiger partial charge in [0.15, 0.2) is 5.92 Å². The van der Waals surface area contributed by atoms with E-state index in [4.69, 9.17) is 14.9 Å². The van der Waals surface area contributed by atoms with Crippen LogP contribution in [0.1, 0.15) is 17.9 Å². The number of aliphatic imine (C=N–C) groups is 1. The fourth-order valence-corrected chi connectivity index (χ4v) is 3.23. The van der Waals surface area contributed by atoms with Gasteiger partial charge in [0.25, 0.3) is 0 Å². The minimum absolute atomic E-state index is 0.604. The van der Waals surface area contributed by atoms with Crippen LogP contribution in [0.4, 0.5) is 0 Å². The molecule has 7 nitrogen and oxygen atoms in total. The third-order valence-electron chi connectivity index (χ3n) is 4.58. The van der Waals surface area contributed by atoms with E-state index in [1.165, 1.54) is 0 Å². The van der Waals surface area contributed by atoms with Crippen molar-refractivity contribution in [1.82, 2.24) is 15.1 Å². The van der Waals surface area contributed by atoms with E-state index in [0.29, 0.717) is 18.9 Å². The molecule has 0 spiro atoms. The van der Waals surface area contributed by atoms with Crippen molar-refractivity contribution in [2.75, 3.05) is 39.3 Å². The predicted octanol–water partition coefficient (Wildman–Crippen LogP) is 1.51. The maximum atomic E-state index is 9.03. The van der Waals surface area contributed by atoms with Gasteiger partial charge >= 0.3 is 0 Å². The molecule has 2 aliphatic rings. The maximum absolute atomic E-state index is 9.03. The van der Waals surface area contributed by atoms with Gasteiger partial charge in [-0.05, 0) is 18.6 Å². The van der Waals surface area contributed by atoms with Crippen LogP contribution in [-0.4, -0.2) is 54.9 Å². The molecule has 3 heterocycles. The van der Waals surface area contributed by atoms with Crippen LogP contribution in [0.5, 0.6) is 0 Å². The van der Waals surface area contributed by atoms with Crippen LogP contribution in [0.2, 0.25) is 0 Å². The van der Waals surface area contributed by atoms with Gasteiger partial charge in [-0.15, -0.1) is 0 Å². The summed E-state index contributed by atoms with van der Waals surface area (Å²) in [5.74, 6) is 1.76. The molecule has 0 bridgehead atoms. The van der Waals surface area contributed by atoms with Crippen LogP contribution in [0.3, 0.4) is 0 Å². The summed E-state index contributed by atoms with van der Waals surface area (Å²) in [5.41, 5.74) is 0. The number of hydrogen-bond acceptors (Lipinski definition) is 7. The Hall–Kier alpha value is -2.61. The molecule has 0 unspecified atom stereocenters. The normalized spacial score (nSPS) is 17.3. The molecule has 0 saturated heterocycles. The van der Waals surface area contributed by atoms with Gasteiger partial charge in [-0.1, -0.05) is 12.2 Å². The quantitative estimate of drug-likeness (QED) is 0.563. The summed E-state index contributed by atoms with van der Waals surface area (Å²) in [6, 6.07) is 8.06. The lowest BCUT2D eigenvalue weighted by atomic mass is 10.1. The minimum atomic E-state index is -0.769. The first-order valence-electron chi connectivity index (χ1n) is 9.04. The molecule has 0 saturated carbocycles. The second-order valence-electron chi connectivity index (χ2n) is 6.46.